The van der Waals surface area contributed by atoms with E-state index < -0.39 is 6.10 Å². The topological polar surface area (TPSA) is 89.8 Å². The van der Waals surface area contributed by atoms with Crippen molar-refractivity contribution in [3.63, 3.8) is 0 Å². The highest BCUT2D eigenvalue weighted by molar-refractivity contribution is 7.07. The fourth-order valence-corrected chi connectivity index (χ4v) is 5.04. The van der Waals surface area contributed by atoms with Crippen LogP contribution in [0.3, 0.4) is 0 Å². The van der Waals surface area contributed by atoms with Gasteiger partial charge >= 0.3 is 0 Å². The molecule has 2 aliphatic rings. The molecule has 4 aromatic rings. The molecule has 178 valence electrons. The van der Waals surface area contributed by atoms with Crippen LogP contribution in [-0.2, 0) is 16.1 Å². The van der Waals surface area contributed by atoms with Crippen molar-refractivity contribution in [1.29, 1.82) is 0 Å². The van der Waals surface area contributed by atoms with Crippen LogP contribution in [0.2, 0.25) is 0 Å². The Bertz CT molecular complexity index is 1380. The van der Waals surface area contributed by atoms with Crippen LogP contribution in [0.5, 0.6) is 11.5 Å². The highest BCUT2D eigenvalue weighted by atomic mass is 32.1. The average Bonchev–Trinajstić information content (AvgIpc) is 3.56. The number of hydrogen-bond donors (Lipinski definition) is 0. The lowest BCUT2D eigenvalue weighted by molar-refractivity contribution is -0.146. The van der Waals surface area contributed by atoms with Crippen LogP contribution in [0.1, 0.15) is 0 Å². The molecular weight excluding hydrogens is 466 g/mol. The highest BCUT2D eigenvalue weighted by Gasteiger charge is 2.33. The molecule has 0 bridgehead atoms. The van der Waals surface area contributed by atoms with E-state index in [1.165, 1.54) is 11.3 Å². The van der Waals surface area contributed by atoms with E-state index in [9.17, 15) is 9.59 Å². The van der Waals surface area contributed by atoms with E-state index in [0.717, 1.165) is 16.7 Å². The minimum atomic E-state index is -0.676. The van der Waals surface area contributed by atoms with Crippen LogP contribution in [0, 0.1) is 0 Å². The predicted molar refractivity (Wildman–Crippen MR) is 130 cm³/mol. The monoisotopic (exact) mass is 489 g/mol. The molecule has 0 unspecified atom stereocenters. The summed E-state index contributed by atoms with van der Waals surface area (Å²) < 4.78 is 13.5. The fraction of sp³-hybridized carbons (Fsp3) is 0.280. The van der Waals surface area contributed by atoms with Gasteiger partial charge in [-0.2, -0.15) is 0 Å². The Morgan fingerprint density at radius 1 is 0.971 bits per heavy atom. The van der Waals surface area contributed by atoms with Gasteiger partial charge in [0.2, 0.25) is 12.0 Å². The van der Waals surface area contributed by atoms with Gasteiger partial charge < -0.3 is 23.8 Å². The summed E-state index contributed by atoms with van der Waals surface area (Å²) in [6.07, 6.45) is -0.676. The molecule has 1 saturated heterocycles. The number of benzene rings is 2. The number of amides is 2. The Balaban J connectivity index is 1.12. The molecule has 0 N–H and O–H groups in total. The van der Waals surface area contributed by atoms with Crippen LogP contribution in [-0.4, -0.2) is 75.0 Å². The van der Waals surface area contributed by atoms with Crippen LogP contribution in [0.25, 0.3) is 22.6 Å². The number of carbonyl (C=O) groups excluding carboxylic acids is 2. The van der Waals surface area contributed by atoms with Gasteiger partial charge in [-0.3, -0.25) is 9.59 Å². The van der Waals surface area contributed by atoms with Gasteiger partial charge in [-0.05, 0) is 24.3 Å². The number of carbonyl (C=O) groups is 2. The van der Waals surface area contributed by atoms with E-state index in [0.29, 0.717) is 43.5 Å². The molecule has 10 heteroatoms. The van der Waals surface area contributed by atoms with Gasteiger partial charge in [0.25, 0.3) is 5.91 Å². The minimum absolute atomic E-state index is 0.0112. The summed E-state index contributed by atoms with van der Waals surface area (Å²) in [6.45, 7) is 2.19. The van der Waals surface area contributed by atoms with Crippen molar-refractivity contribution in [2.45, 2.75) is 12.6 Å². The van der Waals surface area contributed by atoms with Gasteiger partial charge in [0, 0.05) is 31.6 Å². The van der Waals surface area contributed by atoms with Crippen LogP contribution in [0.4, 0.5) is 0 Å². The summed E-state index contributed by atoms with van der Waals surface area (Å²) in [6, 6.07) is 15.1. The van der Waals surface area contributed by atoms with E-state index >= 15 is 0 Å². The first-order valence-electron chi connectivity index (χ1n) is 11.5. The zero-order chi connectivity index (χ0) is 23.8. The molecule has 2 aliphatic heterocycles. The Hall–Kier alpha value is -3.92. The number of fused-ring (bicyclic) bond motifs is 2. The molecule has 2 aromatic carbocycles. The number of thiazole rings is 1. The third-order valence-electron chi connectivity index (χ3n) is 6.34. The second-order valence-electron chi connectivity index (χ2n) is 8.45. The number of rotatable bonds is 4. The third kappa shape index (κ3) is 4.10. The van der Waals surface area contributed by atoms with Crippen molar-refractivity contribution < 1.29 is 19.1 Å². The molecule has 0 spiro atoms. The van der Waals surface area contributed by atoms with Crippen molar-refractivity contribution in [3.8, 4) is 23.0 Å². The average molecular weight is 490 g/mol. The fourth-order valence-electron chi connectivity index (χ4n) is 4.51. The molecule has 35 heavy (non-hydrogen) atoms. The van der Waals surface area contributed by atoms with Crippen molar-refractivity contribution in [3.05, 3.63) is 59.4 Å². The lowest BCUT2D eigenvalue weighted by Gasteiger charge is -2.37. The summed E-state index contributed by atoms with van der Waals surface area (Å²) in [7, 11) is 0. The lowest BCUT2D eigenvalue weighted by Crippen LogP contribution is -2.55. The van der Waals surface area contributed by atoms with E-state index in [1.54, 1.807) is 21.4 Å². The molecule has 6 rings (SSSR count). The molecular formula is C25H23N5O4S. The predicted octanol–water partition coefficient (Wildman–Crippen LogP) is 2.67. The summed E-state index contributed by atoms with van der Waals surface area (Å²) in [5.74, 6) is 1.79. The maximum absolute atomic E-state index is 13.3. The zero-order valence-electron chi connectivity index (χ0n) is 18.9. The maximum Gasteiger partial charge on any atom is 0.267 e. The Labute approximate surface area is 205 Å². The second kappa shape index (κ2) is 9.03. The zero-order valence-corrected chi connectivity index (χ0v) is 19.7. The number of hydrogen-bond acceptors (Lipinski definition) is 7. The van der Waals surface area contributed by atoms with Crippen molar-refractivity contribution in [2.24, 2.45) is 0 Å². The van der Waals surface area contributed by atoms with Crippen molar-refractivity contribution >= 4 is 34.2 Å². The first-order valence-corrected chi connectivity index (χ1v) is 12.4. The second-order valence-corrected chi connectivity index (χ2v) is 9.17. The molecule has 9 nitrogen and oxygen atoms in total. The Morgan fingerprint density at radius 2 is 1.71 bits per heavy atom. The number of piperazine rings is 1. The highest BCUT2D eigenvalue weighted by Crippen LogP contribution is 2.31. The first kappa shape index (κ1) is 21.6. The summed E-state index contributed by atoms with van der Waals surface area (Å²) in [4.78, 5) is 38.9. The largest absolute Gasteiger partial charge is 0.485 e. The molecule has 4 heterocycles. The van der Waals surface area contributed by atoms with E-state index in [1.807, 2.05) is 52.4 Å². The maximum atomic E-state index is 13.3. The standard InChI is InChI=1S/C25H23N5O4S/c31-23(13-30-19-6-2-1-5-17(19)27-24(30)18-15-35-16-26-18)28-9-11-29(12-10-28)25(32)22-14-33-20-7-3-4-8-21(20)34-22/h1-8,15-16,22H,9-14H2/t22-/m1/s1. The normalized spacial score (nSPS) is 17.5. The lowest BCUT2D eigenvalue weighted by atomic mass is 10.2. The number of aromatic nitrogens is 3. The number of imidazole rings is 1. The van der Waals surface area contributed by atoms with Gasteiger partial charge in [0.15, 0.2) is 17.3 Å². The van der Waals surface area contributed by atoms with Gasteiger partial charge in [0.05, 0.1) is 16.5 Å². The first-order chi connectivity index (χ1) is 17.2. The van der Waals surface area contributed by atoms with Gasteiger partial charge in [0.1, 0.15) is 18.8 Å². The molecule has 1 atom stereocenters. The SMILES string of the molecule is O=C(Cn1c(-c2cscn2)nc2ccccc21)N1CCN(C(=O)[C@H]2COc3ccccc3O2)CC1. The van der Waals surface area contributed by atoms with Gasteiger partial charge in [-0.15, -0.1) is 11.3 Å². The number of ether oxygens (including phenoxy) is 2. The Morgan fingerprint density at radius 3 is 2.51 bits per heavy atom. The molecule has 0 radical (unpaired) electrons. The van der Waals surface area contributed by atoms with E-state index in [2.05, 4.69) is 4.98 Å². The quantitative estimate of drug-likeness (QED) is 0.438. The molecule has 0 saturated carbocycles. The van der Waals surface area contributed by atoms with Gasteiger partial charge in [-0.1, -0.05) is 24.3 Å². The van der Waals surface area contributed by atoms with Crippen molar-refractivity contribution in [2.75, 3.05) is 32.8 Å². The van der Waals surface area contributed by atoms with Gasteiger partial charge in [-0.25, -0.2) is 9.97 Å². The third-order valence-corrected chi connectivity index (χ3v) is 6.92. The minimum Gasteiger partial charge on any atom is -0.485 e. The number of nitrogens with zero attached hydrogens (tertiary/aromatic N) is 5. The molecule has 2 aromatic heterocycles. The summed E-state index contributed by atoms with van der Waals surface area (Å²) in [5.41, 5.74) is 4.24. The van der Waals surface area contributed by atoms with Crippen LogP contribution >= 0.6 is 11.3 Å². The van der Waals surface area contributed by atoms with Crippen LogP contribution in [0.15, 0.2) is 59.4 Å². The Kier molecular flexibility index (Phi) is 5.57. The number of para-hydroxylation sites is 4. The molecule has 1 fully saturated rings. The molecule has 0 aliphatic carbocycles. The summed E-state index contributed by atoms with van der Waals surface area (Å²) in [5, 5.41) is 1.93. The summed E-state index contributed by atoms with van der Waals surface area (Å²) >= 11 is 1.49. The van der Waals surface area contributed by atoms with Crippen LogP contribution < -0.4 is 9.47 Å². The van der Waals surface area contributed by atoms with E-state index in [-0.39, 0.29) is 25.0 Å². The smallest absolute Gasteiger partial charge is 0.267 e. The molecule has 2 amide bonds. The van der Waals surface area contributed by atoms with E-state index in [4.69, 9.17) is 14.5 Å². The van der Waals surface area contributed by atoms with Crippen molar-refractivity contribution in [1.82, 2.24) is 24.3 Å².